The fourth-order valence-corrected chi connectivity index (χ4v) is 2.83. The van der Waals surface area contributed by atoms with Crippen LogP contribution in [0.15, 0.2) is 36.4 Å². The van der Waals surface area contributed by atoms with Crippen molar-refractivity contribution in [1.82, 2.24) is 4.98 Å². The number of hydrogen-bond donors (Lipinski definition) is 1. The second kappa shape index (κ2) is 4.46. The standard InChI is InChI=1S/C15H18N2/c16-15(12-6-1-2-7-12)14-10-9-11-5-3-4-8-13(11)17-14/h3-5,8-10,12,15H,1-2,6-7,16H2/t15-/m0/s1. The molecule has 0 saturated heterocycles. The first-order valence-electron chi connectivity index (χ1n) is 6.46. The van der Waals surface area contributed by atoms with Gasteiger partial charge < -0.3 is 5.73 Å². The molecule has 3 rings (SSSR count). The van der Waals surface area contributed by atoms with E-state index >= 15 is 0 Å². The van der Waals surface area contributed by atoms with Crippen molar-refractivity contribution in [2.24, 2.45) is 11.7 Å². The summed E-state index contributed by atoms with van der Waals surface area (Å²) in [6.07, 6.45) is 5.17. The fourth-order valence-electron chi connectivity index (χ4n) is 2.83. The zero-order chi connectivity index (χ0) is 11.7. The first-order chi connectivity index (χ1) is 8.34. The number of rotatable bonds is 2. The van der Waals surface area contributed by atoms with Crippen molar-refractivity contribution in [1.29, 1.82) is 0 Å². The van der Waals surface area contributed by atoms with Gasteiger partial charge in [0.15, 0.2) is 0 Å². The van der Waals surface area contributed by atoms with Gasteiger partial charge in [-0.15, -0.1) is 0 Å². The monoisotopic (exact) mass is 226 g/mol. The van der Waals surface area contributed by atoms with Crippen molar-refractivity contribution in [3.8, 4) is 0 Å². The maximum absolute atomic E-state index is 6.33. The van der Waals surface area contributed by atoms with Crippen LogP contribution in [0.4, 0.5) is 0 Å². The Kier molecular flexibility index (Phi) is 2.81. The Morgan fingerprint density at radius 3 is 2.65 bits per heavy atom. The van der Waals surface area contributed by atoms with Gasteiger partial charge in [-0.3, -0.25) is 4.98 Å². The number of benzene rings is 1. The molecule has 1 atom stereocenters. The lowest BCUT2D eigenvalue weighted by Gasteiger charge is -2.18. The molecule has 1 aromatic carbocycles. The van der Waals surface area contributed by atoms with Crippen molar-refractivity contribution in [3.05, 3.63) is 42.1 Å². The summed E-state index contributed by atoms with van der Waals surface area (Å²) in [7, 11) is 0. The van der Waals surface area contributed by atoms with Crippen LogP contribution in [0.2, 0.25) is 0 Å². The molecular weight excluding hydrogens is 208 g/mol. The fraction of sp³-hybridized carbons (Fsp3) is 0.400. The Labute approximate surface area is 102 Å². The molecule has 2 N–H and O–H groups in total. The largest absolute Gasteiger partial charge is 0.322 e. The average Bonchev–Trinajstić information content (AvgIpc) is 2.91. The summed E-state index contributed by atoms with van der Waals surface area (Å²) < 4.78 is 0. The Morgan fingerprint density at radius 2 is 1.82 bits per heavy atom. The highest BCUT2D eigenvalue weighted by atomic mass is 14.8. The molecule has 1 aliphatic carbocycles. The topological polar surface area (TPSA) is 38.9 Å². The number of fused-ring (bicyclic) bond motifs is 1. The van der Waals surface area contributed by atoms with Crippen LogP contribution in [0.3, 0.4) is 0 Å². The molecule has 1 aromatic heterocycles. The molecule has 0 bridgehead atoms. The van der Waals surface area contributed by atoms with Gasteiger partial charge in [0, 0.05) is 11.4 Å². The van der Waals surface area contributed by atoms with E-state index in [9.17, 15) is 0 Å². The van der Waals surface area contributed by atoms with Crippen LogP contribution in [-0.4, -0.2) is 4.98 Å². The van der Waals surface area contributed by atoms with E-state index in [1.165, 1.54) is 31.1 Å². The Balaban J connectivity index is 1.94. The van der Waals surface area contributed by atoms with Crippen LogP contribution in [0, 0.1) is 5.92 Å². The number of aromatic nitrogens is 1. The van der Waals surface area contributed by atoms with Crippen LogP contribution < -0.4 is 5.73 Å². The molecule has 0 amide bonds. The number of para-hydroxylation sites is 1. The van der Waals surface area contributed by atoms with Gasteiger partial charge in [-0.2, -0.15) is 0 Å². The molecule has 0 aliphatic heterocycles. The second-order valence-corrected chi connectivity index (χ2v) is 5.00. The number of pyridine rings is 1. The lowest BCUT2D eigenvalue weighted by molar-refractivity contribution is 0.438. The molecular formula is C15H18N2. The van der Waals surface area contributed by atoms with Crippen LogP contribution in [-0.2, 0) is 0 Å². The van der Waals surface area contributed by atoms with E-state index in [0.29, 0.717) is 5.92 Å². The highest BCUT2D eigenvalue weighted by Gasteiger charge is 2.24. The van der Waals surface area contributed by atoms with E-state index < -0.39 is 0 Å². The van der Waals surface area contributed by atoms with E-state index in [1.807, 2.05) is 12.1 Å². The SMILES string of the molecule is N[C@H](c1ccc2ccccc2n1)C1CCCC1. The zero-order valence-corrected chi connectivity index (χ0v) is 9.97. The molecule has 1 saturated carbocycles. The maximum atomic E-state index is 6.33. The molecule has 0 spiro atoms. The van der Waals surface area contributed by atoms with Crippen molar-refractivity contribution in [2.75, 3.05) is 0 Å². The summed E-state index contributed by atoms with van der Waals surface area (Å²) in [5, 5.41) is 1.19. The summed E-state index contributed by atoms with van der Waals surface area (Å²) >= 11 is 0. The van der Waals surface area contributed by atoms with E-state index in [1.54, 1.807) is 0 Å². The maximum Gasteiger partial charge on any atom is 0.0706 e. The van der Waals surface area contributed by atoms with Gasteiger partial charge in [0.05, 0.1) is 11.2 Å². The smallest absolute Gasteiger partial charge is 0.0706 e. The minimum Gasteiger partial charge on any atom is -0.322 e. The molecule has 1 heterocycles. The van der Waals surface area contributed by atoms with Gasteiger partial charge in [0.2, 0.25) is 0 Å². The van der Waals surface area contributed by atoms with Gasteiger partial charge >= 0.3 is 0 Å². The van der Waals surface area contributed by atoms with Crippen molar-refractivity contribution in [3.63, 3.8) is 0 Å². The number of nitrogens with two attached hydrogens (primary N) is 1. The first-order valence-corrected chi connectivity index (χ1v) is 6.46. The third-order valence-corrected chi connectivity index (χ3v) is 3.87. The summed E-state index contributed by atoms with van der Waals surface area (Å²) in [5.74, 6) is 0.628. The van der Waals surface area contributed by atoms with E-state index in [-0.39, 0.29) is 6.04 Å². The molecule has 0 radical (unpaired) electrons. The molecule has 2 nitrogen and oxygen atoms in total. The number of hydrogen-bond acceptors (Lipinski definition) is 2. The summed E-state index contributed by atoms with van der Waals surface area (Å²) in [4.78, 5) is 4.69. The van der Waals surface area contributed by atoms with Crippen LogP contribution >= 0.6 is 0 Å². The Bertz CT molecular complexity index is 515. The van der Waals surface area contributed by atoms with Crippen LogP contribution in [0.1, 0.15) is 37.4 Å². The first kappa shape index (κ1) is 10.7. The third-order valence-electron chi connectivity index (χ3n) is 3.87. The summed E-state index contributed by atoms with van der Waals surface area (Å²) in [6, 6.07) is 12.5. The quantitative estimate of drug-likeness (QED) is 0.852. The number of nitrogens with zero attached hydrogens (tertiary/aromatic N) is 1. The summed E-state index contributed by atoms with van der Waals surface area (Å²) in [5.41, 5.74) is 8.43. The molecule has 2 aromatic rings. The summed E-state index contributed by atoms with van der Waals surface area (Å²) in [6.45, 7) is 0. The zero-order valence-electron chi connectivity index (χ0n) is 9.97. The molecule has 1 fully saturated rings. The lowest BCUT2D eigenvalue weighted by atomic mass is 9.95. The highest BCUT2D eigenvalue weighted by molar-refractivity contribution is 5.78. The molecule has 2 heteroatoms. The van der Waals surface area contributed by atoms with Crippen molar-refractivity contribution in [2.45, 2.75) is 31.7 Å². The van der Waals surface area contributed by atoms with Crippen molar-refractivity contribution >= 4 is 10.9 Å². The van der Waals surface area contributed by atoms with Crippen molar-refractivity contribution < 1.29 is 0 Å². The normalized spacial score (nSPS) is 18.6. The second-order valence-electron chi connectivity index (χ2n) is 5.00. The highest BCUT2D eigenvalue weighted by Crippen LogP contribution is 2.33. The molecule has 1 aliphatic rings. The molecule has 88 valence electrons. The van der Waals surface area contributed by atoms with Gasteiger partial charge in [0.25, 0.3) is 0 Å². The van der Waals surface area contributed by atoms with Crippen LogP contribution in [0.5, 0.6) is 0 Å². The van der Waals surface area contributed by atoms with Gasteiger partial charge in [0.1, 0.15) is 0 Å². The average molecular weight is 226 g/mol. The minimum atomic E-state index is 0.113. The molecule has 17 heavy (non-hydrogen) atoms. The van der Waals surface area contributed by atoms with Gasteiger partial charge in [-0.05, 0) is 30.9 Å². The van der Waals surface area contributed by atoms with E-state index in [2.05, 4.69) is 24.3 Å². The Hall–Kier alpha value is -1.41. The molecule has 0 unspecified atom stereocenters. The Morgan fingerprint density at radius 1 is 1.06 bits per heavy atom. The lowest BCUT2D eigenvalue weighted by Crippen LogP contribution is -2.20. The predicted octanol–water partition coefficient (Wildman–Crippen LogP) is 3.42. The van der Waals surface area contributed by atoms with Gasteiger partial charge in [-0.1, -0.05) is 37.1 Å². The van der Waals surface area contributed by atoms with E-state index in [0.717, 1.165) is 11.2 Å². The van der Waals surface area contributed by atoms with E-state index in [4.69, 9.17) is 10.7 Å². The minimum absolute atomic E-state index is 0.113. The van der Waals surface area contributed by atoms with Crippen LogP contribution in [0.25, 0.3) is 10.9 Å². The van der Waals surface area contributed by atoms with Gasteiger partial charge in [-0.25, -0.2) is 0 Å². The third kappa shape index (κ3) is 2.05. The predicted molar refractivity (Wildman–Crippen MR) is 70.6 cm³/mol.